The molecule has 2 N–H and O–H groups in total. The van der Waals surface area contributed by atoms with Crippen LogP contribution in [0.25, 0.3) is 0 Å². The van der Waals surface area contributed by atoms with E-state index in [4.69, 9.17) is 17.0 Å². The second kappa shape index (κ2) is 8.90. The van der Waals surface area contributed by atoms with Crippen molar-refractivity contribution in [3.05, 3.63) is 65.7 Å². The molecule has 0 saturated carbocycles. The quantitative estimate of drug-likeness (QED) is 0.484. The van der Waals surface area contributed by atoms with Gasteiger partial charge in [-0.25, -0.2) is 0 Å². The summed E-state index contributed by atoms with van der Waals surface area (Å²) in [4.78, 5) is 0. The first kappa shape index (κ1) is 17.0. The number of thiocarbonyl (C=S) groups is 1. The van der Waals surface area contributed by atoms with Gasteiger partial charge in [-0.1, -0.05) is 30.3 Å². The van der Waals surface area contributed by atoms with Gasteiger partial charge in [-0.15, -0.1) is 0 Å². The van der Waals surface area contributed by atoms with E-state index in [0.717, 1.165) is 16.9 Å². The molecule has 0 atom stereocenters. The van der Waals surface area contributed by atoms with E-state index in [-0.39, 0.29) is 6.04 Å². The maximum atomic E-state index is 5.74. The van der Waals surface area contributed by atoms with Gasteiger partial charge in [0.15, 0.2) is 5.11 Å². The van der Waals surface area contributed by atoms with Crippen LogP contribution < -0.4 is 15.5 Å². The van der Waals surface area contributed by atoms with Gasteiger partial charge >= 0.3 is 0 Å². The molecule has 0 spiro atoms. The SMILES string of the molecule is CC(C)NC(=S)N/N=C\c1ccc(OCc2ccccc2)cc1. The average Bonchev–Trinajstić information content (AvgIpc) is 2.54. The summed E-state index contributed by atoms with van der Waals surface area (Å²) in [6.45, 7) is 4.60. The highest BCUT2D eigenvalue weighted by Gasteiger charge is 1.97. The fourth-order valence-corrected chi connectivity index (χ4v) is 2.14. The summed E-state index contributed by atoms with van der Waals surface area (Å²) in [5.74, 6) is 0.830. The Morgan fingerprint density at radius 2 is 1.83 bits per heavy atom. The third-order valence-electron chi connectivity index (χ3n) is 2.93. The molecular formula is C18H21N3OS. The van der Waals surface area contributed by atoms with Crippen molar-refractivity contribution in [2.24, 2.45) is 5.10 Å². The molecule has 120 valence electrons. The zero-order chi connectivity index (χ0) is 16.5. The van der Waals surface area contributed by atoms with Crippen molar-refractivity contribution < 1.29 is 4.74 Å². The van der Waals surface area contributed by atoms with E-state index in [1.165, 1.54) is 0 Å². The Kier molecular flexibility index (Phi) is 6.56. The minimum Gasteiger partial charge on any atom is -0.489 e. The third kappa shape index (κ3) is 6.48. The highest BCUT2D eigenvalue weighted by molar-refractivity contribution is 7.80. The predicted octanol–water partition coefficient (Wildman–Crippen LogP) is 3.47. The van der Waals surface area contributed by atoms with Crippen LogP contribution in [0.5, 0.6) is 5.75 Å². The van der Waals surface area contributed by atoms with Gasteiger partial charge in [-0.3, -0.25) is 5.43 Å². The summed E-state index contributed by atoms with van der Waals surface area (Å²) in [6.07, 6.45) is 1.72. The van der Waals surface area contributed by atoms with Crippen molar-refractivity contribution in [2.45, 2.75) is 26.5 Å². The molecule has 0 aliphatic carbocycles. The molecule has 0 aliphatic heterocycles. The Morgan fingerprint density at radius 3 is 2.48 bits per heavy atom. The lowest BCUT2D eigenvalue weighted by molar-refractivity contribution is 0.306. The monoisotopic (exact) mass is 327 g/mol. The summed E-state index contributed by atoms with van der Waals surface area (Å²) in [5.41, 5.74) is 4.90. The molecular weight excluding hydrogens is 306 g/mol. The normalized spacial score (nSPS) is 10.7. The molecule has 2 aromatic rings. The second-order valence-corrected chi connectivity index (χ2v) is 5.75. The highest BCUT2D eigenvalue weighted by atomic mass is 32.1. The molecule has 0 unspecified atom stereocenters. The number of rotatable bonds is 6. The maximum Gasteiger partial charge on any atom is 0.187 e. The molecule has 0 radical (unpaired) electrons. The second-order valence-electron chi connectivity index (χ2n) is 5.34. The molecule has 0 aromatic heterocycles. The van der Waals surface area contributed by atoms with Gasteiger partial charge in [-0.05, 0) is 61.5 Å². The fraction of sp³-hybridized carbons (Fsp3) is 0.222. The lowest BCUT2D eigenvalue weighted by Gasteiger charge is -2.09. The Balaban J connectivity index is 1.81. The zero-order valence-corrected chi connectivity index (χ0v) is 14.1. The van der Waals surface area contributed by atoms with Crippen molar-refractivity contribution in [2.75, 3.05) is 0 Å². The number of hydrogen-bond donors (Lipinski definition) is 2. The highest BCUT2D eigenvalue weighted by Crippen LogP contribution is 2.13. The third-order valence-corrected chi connectivity index (χ3v) is 3.14. The fourth-order valence-electron chi connectivity index (χ4n) is 1.85. The van der Waals surface area contributed by atoms with Crippen LogP contribution >= 0.6 is 12.2 Å². The van der Waals surface area contributed by atoms with Gasteiger partial charge in [0.25, 0.3) is 0 Å². The minimum atomic E-state index is 0.284. The van der Waals surface area contributed by atoms with Crippen LogP contribution in [0.15, 0.2) is 59.7 Å². The van der Waals surface area contributed by atoms with Crippen molar-refractivity contribution >= 4 is 23.5 Å². The van der Waals surface area contributed by atoms with E-state index < -0.39 is 0 Å². The van der Waals surface area contributed by atoms with Crippen molar-refractivity contribution in [3.8, 4) is 5.75 Å². The van der Waals surface area contributed by atoms with Crippen LogP contribution in [-0.4, -0.2) is 17.4 Å². The van der Waals surface area contributed by atoms with E-state index in [0.29, 0.717) is 11.7 Å². The van der Waals surface area contributed by atoms with Gasteiger partial charge in [0.1, 0.15) is 12.4 Å². The van der Waals surface area contributed by atoms with E-state index in [2.05, 4.69) is 15.8 Å². The Labute approximate surface area is 142 Å². The first-order valence-corrected chi connectivity index (χ1v) is 7.90. The summed E-state index contributed by atoms with van der Waals surface area (Å²) >= 11 is 5.09. The summed E-state index contributed by atoms with van der Waals surface area (Å²) in [7, 11) is 0. The lowest BCUT2D eigenvalue weighted by atomic mass is 10.2. The Bertz CT molecular complexity index is 639. The number of benzene rings is 2. The predicted molar refractivity (Wildman–Crippen MR) is 98.8 cm³/mol. The number of ether oxygens (including phenoxy) is 1. The first-order valence-electron chi connectivity index (χ1n) is 7.50. The van der Waals surface area contributed by atoms with Crippen molar-refractivity contribution in [1.82, 2.24) is 10.7 Å². The largest absolute Gasteiger partial charge is 0.489 e. The van der Waals surface area contributed by atoms with E-state index in [1.54, 1.807) is 6.21 Å². The molecule has 0 fully saturated rings. The van der Waals surface area contributed by atoms with Gasteiger partial charge in [-0.2, -0.15) is 5.10 Å². The zero-order valence-electron chi connectivity index (χ0n) is 13.3. The van der Waals surface area contributed by atoms with Gasteiger partial charge in [0.05, 0.1) is 6.21 Å². The van der Waals surface area contributed by atoms with E-state index >= 15 is 0 Å². The molecule has 0 saturated heterocycles. The lowest BCUT2D eigenvalue weighted by Crippen LogP contribution is -2.36. The molecule has 0 amide bonds. The van der Waals surface area contributed by atoms with Crippen LogP contribution in [0.3, 0.4) is 0 Å². The summed E-state index contributed by atoms with van der Waals surface area (Å²) in [6, 6.07) is 18.1. The maximum absolute atomic E-state index is 5.74. The molecule has 0 aliphatic rings. The molecule has 5 heteroatoms. The topological polar surface area (TPSA) is 45.7 Å². The number of hydrazone groups is 1. The number of hydrogen-bond acceptors (Lipinski definition) is 3. The van der Waals surface area contributed by atoms with Crippen molar-refractivity contribution in [1.29, 1.82) is 0 Å². The first-order chi connectivity index (χ1) is 11.1. The Morgan fingerprint density at radius 1 is 1.13 bits per heavy atom. The van der Waals surface area contributed by atoms with Crippen LogP contribution in [0.4, 0.5) is 0 Å². The van der Waals surface area contributed by atoms with Gasteiger partial charge in [0.2, 0.25) is 0 Å². The van der Waals surface area contributed by atoms with E-state index in [9.17, 15) is 0 Å². The number of nitrogens with one attached hydrogen (secondary N) is 2. The molecule has 0 bridgehead atoms. The van der Waals surface area contributed by atoms with Gasteiger partial charge < -0.3 is 10.1 Å². The molecule has 2 aromatic carbocycles. The molecule has 23 heavy (non-hydrogen) atoms. The summed E-state index contributed by atoms with van der Waals surface area (Å²) < 4.78 is 5.74. The Hall–Kier alpha value is -2.40. The van der Waals surface area contributed by atoms with Crippen LogP contribution in [0.2, 0.25) is 0 Å². The standard InChI is InChI=1S/C18H21N3OS/c1-14(2)20-18(23)21-19-12-15-8-10-17(11-9-15)22-13-16-6-4-3-5-7-16/h3-12,14H,13H2,1-2H3,(H2,20,21,23)/b19-12-. The molecule has 0 heterocycles. The van der Waals surface area contributed by atoms with Crippen LogP contribution in [0, 0.1) is 0 Å². The van der Waals surface area contributed by atoms with Crippen molar-refractivity contribution in [3.63, 3.8) is 0 Å². The molecule has 2 rings (SSSR count). The minimum absolute atomic E-state index is 0.284. The molecule has 4 nitrogen and oxygen atoms in total. The number of nitrogens with zero attached hydrogens (tertiary/aromatic N) is 1. The van der Waals surface area contributed by atoms with E-state index in [1.807, 2.05) is 68.4 Å². The van der Waals surface area contributed by atoms with Crippen LogP contribution in [0.1, 0.15) is 25.0 Å². The summed E-state index contributed by atoms with van der Waals surface area (Å²) in [5, 5.41) is 7.67. The van der Waals surface area contributed by atoms with Crippen LogP contribution in [-0.2, 0) is 6.61 Å². The van der Waals surface area contributed by atoms with Gasteiger partial charge in [0, 0.05) is 6.04 Å². The smallest absolute Gasteiger partial charge is 0.187 e. The average molecular weight is 327 g/mol.